The Morgan fingerprint density at radius 2 is 0.923 bits per heavy atom. The number of rotatable bonds is 1. The van der Waals surface area contributed by atoms with Crippen LogP contribution in [-0.4, -0.2) is 0 Å². The summed E-state index contributed by atoms with van der Waals surface area (Å²) in [5, 5.41) is 0. The van der Waals surface area contributed by atoms with Crippen LogP contribution in [0.1, 0.15) is 5.56 Å². The molecule has 72 valence electrons. The number of benzene rings is 1. The van der Waals surface area contributed by atoms with Crippen molar-refractivity contribution in [1.82, 2.24) is 0 Å². The molecule has 0 fully saturated rings. The van der Waals surface area contributed by atoms with Crippen molar-refractivity contribution >= 4 is 28.4 Å². The molecule has 13 heavy (non-hydrogen) atoms. The zero-order chi connectivity index (χ0) is 10.2. The third kappa shape index (κ3) is 1.17. The van der Waals surface area contributed by atoms with Crippen LogP contribution in [-0.2, 0) is 6.54 Å². The van der Waals surface area contributed by atoms with Gasteiger partial charge in [0.05, 0.1) is 28.4 Å². The number of nitrogen functional groups attached to an aromatic ring is 5. The Morgan fingerprint density at radius 1 is 0.615 bits per heavy atom. The maximum atomic E-state index is 5.64. The maximum absolute atomic E-state index is 5.64. The van der Waals surface area contributed by atoms with E-state index in [0.29, 0.717) is 16.9 Å². The molecule has 0 saturated heterocycles. The van der Waals surface area contributed by atoms with Gasteiger partial charge in [0.1, 0.15) is 0 Å². The van der Waals surface area contributed by atoms with Crippen molar-refractivity contribution in [1.29, 1.82) is 0 Å². The van der Waals surface area contributed by atoms with Gasteiger partial charge in [0.15, 0.2) is 0 Å². The average molecular weight is 182 g/mol. The molecule has 0 bridgehead atoms. The lowest BCUT2D eigenvalue weighted by Crippen LogP contribution is -2.13. The average Bonchev–Trinajstić information content (AvgIpc) is 2.13. The van der Waals surface area contributed by atoms with E-state index in [2.05, 4.69) is 0 Å². The molecule has 12 N–H and O–H groups in total. The Kier molecular flexibility index (Phi) is 2.07. The minimum atomic E-state index is 0.187. The normalized spacial score (nSPS) is 10.2. The van der Waals surface area contributed by atoms with Gasteiger partial charge in [0.25, 0.3) is 0 Å². The largest absolute Gasteiger partial charge is 0.397 e. The molecule has 0 aliphatic heterocycles. The van der Waals surface area contributed by atoms with E-state index in [1.807, 2.05) is 0 Å². The van der Waals surface area contributed by atoms with Crippen molar-refractivity contribution in [2.24, 2.45) is 5.73 Å². The summed E-state index contributed by atoms with van der Waals surface area (Å²) in [7, 11) is 0. The molecule has 0 heterocycles. The Morgan fingerprint density at radius 3 is 1.23 bits per heavy atom. The number of anilines is 5. The van der Waals surface area contributed by atoms with Crippen LogP contribution >= 0.6 is 0 Å². The first-order valence-corrected chi connectivity index (χ1v) is 3.71. The predicted octanol–water partition coefficient (Wildman–Crippen LogP) is -0.944. The van der Waals surface area contributed by atoms with Gasteiger partial charge >= 0.3 is 0 Å². The number of hydrogen-bond donors (Lipinski definition) is 6. The minimum Gasteiger partial charge on any atom is -0.397 e. The molecule has 0 atom stereocenters. The molecular formula is C7H14N6. The summed E-state index contributed by atoms with van der Waals surface area (Å²) < 4.78 is 0. The highest BCUT2D eigenvalue weighted by Crippen LogP contribution is 2.37. The standard InChI is InChI=1S/C7H14N6/c8-1-2-3(9)5(11)7(13)6(12)4(2)10/h1,8-13H2. The van der Waals surface area contributed by atoms with Gasteiger partial charge in [-0.3, -0.25) is 0 Å². The zero-order valence-corrected chi connectivity index (χ0v) is 7.17. The highest BCUT2D eigenvalue weighted by atomic mass is 14.8. The molecule has 0 aliphatic rings. The van der Waals surface area contributed by atoms with Gasteiger partial charge in [0, 0.05) is 12.1 Å². The van der Waals surface area contributed by atoms with Gasteiger partial charge in [-0.05, 0) is 0 Å². The second kappa shape index (κ2) is 2.91. The molecule has 0 saturated carbocycles. The van der Waals surface area contributed by atoms with Crippen molar-refractivity contribution in [2.75, 3.05) is 28.7 Å². The second-order valence-electron chi connectivity index (χ2n) is 2.75. The topological polar surface area (TPSA) is 156 Å². The monoisotopic (exact) mass is 182 g/mol. The molecule has 0 aromatic heterocycles. The van der Waals surface area contributed by atoms with E-state index < -0.39 is 0 Å². The van der Waals surface area contributed by atoms with Gasteiger partial charge in [-0.15, -0.1) is 0 Å². The molecule has 1 rings (SSSR count). The van der Waals surface area contributed by atoms with Gasteiger partial charge in [-0.25, -0.2) is 0 Å². The van der Waals surface area contributed by atoms with E-state index in [1.54, 1.807) is 0 Å². The number of nitrogens with two attached hydrogens (primary N) is 6. The van der Waals surface area contributed by atoms with Gasteiger partial charge in [-0.1, -0.05) is 0 Å². The van der Waals surface area contributed by atoms with E-state index >= 15 is 0 Å². The van der Waals surface area contributed by atoms with Crippen LogP contribution in [0, 0.1) is 0 Å². The first-order valence-electron chi connectivity index (χ1n) is 3.71. The maximum Gasteiger partial charge on any atom is 0.0824 e. The summed E-state index contributed by atoms with van der Waals surface area (Å²) in [6.07, 6.45) is 0. The summed E-state index contributed by atoms with van der Waals surface area (Å²) in [5.41, 5.74) is 35.3. The fourth-order valence-corrected chi connectivity index (χ4v) is 1.13. The lowest BCUT2D eigenvalue weighted by atomic mass is 10.1. The molecule has 1 aromatic carbocycles. The van der Waals surface area contributed by atoms with Crippen LogP contribution in [0.25, 0.3) is 0 Å². The summed E-state index contributed by atoms with van der Waals surface area (Å²) in [4.78, 5) is 0. The third-order valence-corrected chi connectivity index (χ3v) is 2.02. The smallest absolute Gasteiger partial charge is 0.0824 e. The fraction of sp³-hybridized carbons (Fsp3) is 0.143. The fourth-order valence-electron chi connectivity index (χ4n) is 1.13. The molecule has 6 nitrogen and oxygen atoms in total. The Hall–Kier alpha value is -1.82. The van der Waals surface area contributed by atoms with Crippen LogP contribution in [0.3, 0.4) is 0 Å². The predicted molar refractivity (Wildman–Crippen MR) is 56.4 cm³/mol. The molecule has 1 aromatic rings. The highest BCUT2D eigenvalue weighted by molar-refractivity contribution is 5.96. The molecule has 0 spiro atoms. The molecule has 0 unspecified atom stereocenters. The van der Waals surface area contributed by atoms with Crippen molar-refractivity contribution in [3.63, 3.8) is 0 Å². The first-order chi connectivity index (χ1) is 6.00. The van der Waals surface area contributed by atoms with Crippen molar-refractivity contribution < 1.29 is 0 Å². The van der Waals surface area contributed by atoms with Crippen LogP contribution in [0.15, 0.2) is 0 Å². The van der Waals surface area contributed by atoms with Crippen LogP contribution in [0.2, 0.25) is 0 Å². The molecule has 6 heteroatoms. The Balaban J connectivity index is 3.56. The van der Waals surface area contributed by atoms with E-state index in [1.165, 1.54) is 0 Å². The van der Waals surface area contributed by atoms with E-state index in [-0.39, 0.29) is 23.6 Å². The van der Waals surface area contributed by atoms with Crippen LogP contribution in [0.5, 0.6) is 0 Å². The zero-order valence-electron chi connectivity index (χ0n) is 7.17. The first kappa shape index (κ1) is 9.27. The van der Waals surface area contributed by atoms with Crippen molar-refractivity contribution in [3.05, 3.63) is 5.56 Å². The SMILES string of the molecule is NCc1c(N)c(N)c(N)c(N)c1N. The Bertz CT molecular complexity index is 316. The molecule has 0 amide bonds. The van der Waals surface area contributed by atoms with E-state index in [9.17, 15) is 0 Å². The van der Waals surface area contributed by atoms with Gasteiger partial charge in [0.2, 0.25) is 0 Å². The molecular weight excluding hydrogens is 168 g/mol. The Labute approximate surface area is 75.8 Å². The minimum absolute atomic E-state index is 0.187. The molecule has 0 aliphatic carbocycles. The highest BCUT2D eigenvalue weighted by Gasteiger charge is 2.13. The van der Waals surface area contributed by atoms with Crippen molar-refractivity contribution in [3.8, 4) is 0 Å². The van der Waals surface area contributed by atoms with Crippen LogP contribution in [0.4, 0.5) is 28.4 Å². The summed E-state index contributed by atoms with van der Waals surface area (Å²) in [5.74, 6) is 0. The van der Waals surface area contributed by atoms with Crippen LogP contribution < -0.4 is 34.4 Å². The van der Waals surface area contributed by atoms with E-state index in [4.69, 9.17) is 34.4 Å². The third-order valence-electron chi connectivity index (χ3n) is 2.02. The van der Waals surface area contributed by atoms with E-state index in [0.717, 1.165) is 0 Å². The van der Waals surface area contributed by atoms with Crippen molar-refractivity contribution in [2.45, 2.75) is 6.54 Å². The van der Waals surface area contributed by atoms with Gasteiger partial charge < -0.3 is 34.4 Å². The van der Waals surface area contributed by atoms with Gasteiger partial charge in [-0.2, -0.15) is 0 Å². The lowest BCUT2D eigenvalue weighted by Gasteiger charge is -2.15. The summed E-state index contributed by atoms with van der Waals surface area (Å²) in [6, 6.07) is 0. The number of hydrogen-bond acceptors (Lipinski definition) is 6. The summed E-state index contributed by atoms with van der Waals surface area (Å²) in [6.45, 7) is 0.187. The second-order valence-corrected chi connectivity index (χ2v) is 2.75. The molecule has 0 radical (unpaired) electrons. The quantitative estimate of drug-likeness (QED) is 0.308. The summed E-state index contributed by atoms with van der Waals surface area (Å²) >= 11 is 0. The lowest BCUT2D eigenvalue weighted by molar-refractivity contribution is 1.08.